The Morgan fingerprint density at radius 3 is 2.69 bits per heavy atom. The van der Waals surface area contributed by atoms with Gasteiger partial charge in [0.2, 0.25) is 0 Å². The van der Waals surface area contributed by atoms with Crippen molar-refractivity contribution in [1.29, 1.82) is 0 Å². The summed E-state index contributed by atoms with van der Waals surface area (Å²) in [6.07, 6.45) is 0.995. The first-order valence-electron chi connectivity index (χ1n) is 8.58. The van der Waals surface area contributed by atoms with Crippen LogP contribution in [0.3, 0.4) is 0 Å². The average Bonchev–Trinajstić information content (AvgIpc) is 2.89. The second kappa shape index (κ2) is 6.99. The van der Waals surface area contributed by atoms with Gasteiger partial charge < -0.3 is 16.8 Å². The Balaban J connectivity index is 1.90. The zero-order valence-corrected chi connectivity index (χ0v) is 15.3. The molecule has 0 aliphatic carbocycles. The molecule has 0 fully saturated rings. The SMILES string of the molecule is CCCn1c(CNC(=O)c2nc(C)c(N)nc2N)[n+](C)c2ccccc21. The second-order valence-corrected chi connectivity index (χ2v) is 6.23. The number of amides is 1. The number of nitrogens with zero attached hydrogens (tertiary/aromatic N) is 4. The number of rotatable bonds is 5. The van der Waals surface area contributed by atoms with E-state index in [9.17, 15) is 4.79 Å². The monoisotopic (exact) mass is 354 g/mol. The minimum Gasteiger partial charge on any atom is -0.382 e. The zero-order chi connectivity index (χ0) is 18.8. The number of aryl methyl sites for hydroxylation is 3. The van der Waals surface area contributed by atoms with Crippen molar-refractivity contribution in [2.75, 3.05) is 11.5 Å². The fraction of sp³-hybridized carbons (Fsp3) is 0.333. The summed E-state index contributed by atoms with van der Waals surface area (Å²) in [7, 11) is 2.00. The van der Waals surface area contributed by atoms with Crippen LogP contribution in [0.2, 0.25) is 0 Å². The van der Waals surface area contributed by atoms with Gasteiger partial charge in [-0.2, -0.15) is 0 Å². The predicted octanol–water partition coefficient (Wildman–Crippen LogP) is 1.07. The molecule has 0 atom stereocenters. The number of benzene rings is 1. The van der Waals surface area contributed by atoms with Gasteiger partial charge in [-0.05, 0) is 25.5 Å². The van der Waals surface area contributed by atoms with E-state index in [1.165, 1.54) is 0 Å². The molecule has 1 amide bonds. The molecule has 5 N–H and O–H groups in total. The van der Waals surface area contributed by atoms with Gasteiger partial charge in [-0.25, -0.2) is 19.1 Å². The molecule has 0 aliphatic heterocycles. The third kappa shape index (κ3) is 3.05. The van der Waals surface area contributed by atoms with Crippen LogP contribution in [0.4, 0.5) is 11.6 Å². The molecule has 2 aromatic heterocycles. The number of hydrogen-bond acceptors (Lipinski definition) is 5. The molecular weight excluding hydrogens is 330 g/mol. The van der Waals surface area contributed by atoms with Crippen LogP contribution in [-0.4, -0.2) is 20.4 Å². The Morgan fingerprint density at radius 1 is 1.23 bits per heavy atom. The molecule has 0 unspecified atom stereocenters. The number of nitrogen functional groups attached to an aromatic ring is 2. The molecule has 0 radical (unpaired) electrons. The first kappa shape index (κ1) is 17.7. The maximum atomic E-state index is 12.5. The summed E-state index contributed by atoms with van der Waals surface area (Å²) in [5.41, 5.74) is 14.3. The Labute approximate surface area is 151 Å². The molecular formula is C18H24N7O+. The largest absolute Gasteiger partial charge is 0.382 e. The fourth-order valence-corrected chi connectivity index (χ4v) is 3.08. The smallest absolute Gasteiger partial charge is 0.276 e. The van der Waals surface area contributed by atoms with Crippen molar-refractivity contribution in [2.45, 2.75) is 33.4 Å². The number of carbonyl (C=O) groups is 1. The zero-order valence-electron chi connectivity index (χ0n) is 15.3. The van der Waals surface area contributed by atoms with Crippen molar-refractivity contribution in [1.82, 2.24) is 19.9 Å². The molecule has 26 heavy (non-hydrogen) atoms. The summed E-state index contributed by atoms with van der Waals surface area (Å²) < 4.78 is 4.31. The quantitative estimate of drug-likeness (QED) is 0.593. The van der Waals surface area contributed by atoms with Crippen LogP contribution in [-0.2, 0) is 20.1 Å². The summed E-state index contributed by atoms with van der Waals surface area (Å²) in [5.74, 6) is 0.893. The topological polar surface area (TPSA) is 116 Å². The maximum Gasteiger partial charge on any atom is 0.276 e. The van der Waals surface area contributed by atoms with Crippen molar-refractivity contribution >= 4 is 28.6 Å². The van der Waals surface area contributed by atoms with Crippen LogP contribution in [0.1, 0.15) is 35.4 Å². The van der Waals surface area contributed by atoms with E-state index in [2.05, 4.69) is 43.5 Å². The Hall–Kier alpha value is -3.16. The van der Waals surface area contributed by atoms with Gasteiger partial charge in [-0.3, -0.25) is 4.79 Å². The highest BCUT2D eigenvalue weighted by atomic mass is 16.1. The van der Waals surface area contributed by atoms with Gasteiger partial charge in [0.25, 0.3) is 11.7 Å². The van der Waals surface area contributed by atoms with Crippen LogP contribution in [0.5, 0.6) is 0 Å². The lowest BCUT2D eigenvalue weighted by Gasteiger charge is -2.08. The van der Waals surface area contributed by atoms with Crippen molar-refractivity contribution in [3.63, 3.8) is 0 Å². The number of fused-ring (bicyclic) bond motifs is 1. The summed E-state index contributed by atoms with van der Waals surface area (Å²) in [6, 6.07) is 8.18. The number of nitrogens with two attached hydrogens (primary N) is 2. The summed E-state index contributed by atoms with van der Waals surface area (Å²) in [5, 5.41) is 2.90. The Kier molecular flexibility index (Phi) is 4.75. The first-order valence-corrected chi connectivity index (χ1v) is 8.58. The highest BCUT2D eigenvalue weighted by Crippen LogP contribution is 2.15. The number of aromatic nitrogens is 4. The van der Waals surface area contributed by atoms with Crippen molar-refractivity contribution in [2.24, 2.45) is 7.05 Å². The molecule has 0 bridgehead atoms. The summed E-state index contributed by atoms with van der Waals surface area (Å²) in [4.78, 5) is 20.7. The van der Waals surface area contributed by atoms with E-state index in [1.807, 2.05) is 19.2 Å². The molecule has 1 aromatic carbocycles. The number of para-hydroxylation sites is 2. The molecule has 0 aliphatic rings. The van der Waals surface area contributed by atoms with Crippen molar-refractivity contribution in [3.05, 3.63) is 41.5 Å². The van der Waals surface area contributed by atoms with Crippen LogP contribution in [0.25, 0.3) is 11.0 Å². The molecule has 0 spiro atoms. The van der Waals surface area contributed by atoms with Crippen LogP contribution < -0.4 is 21.4 Å². The number of nitrogens with one attached hydrogen (secondary N) is 1. The van der Waals surface area contributed by atoms with Crippen LogP contribution in [0.15, 0.2) is 24.3 Å². The highest BCUT2D eigenvalue weighted by molar-refractivity contribution is 5.96. The van der Waals surface area contributed by atoms with Gasteiger partial charge in [0.15, 0.2) is 22.5 Å². The van der Waals surface area contributed by atoms with Gasteiger partial charge in [0, 0.05) is 0 Å². The van der Waals surface area contributed by atoms with Gasteiger partial charge >= 0.3 is 0 Å². The number of anilines is 2. The fourth-order valence-electron chi connectivity index (χ4n) is 3.08. The molecule has 3 rings (SSSR count). The van der Waals surface area contributed by atoms with Gasteiger partial charge in [-0.1, -0.05) is 19.1 Å². The van der Waals surface area contributed by atoms with Crippen molar-refractivity contribution < 1.29 is 9.36 Å². The van der Waals surface area contributed by atoms with Gasteiger partial charge in [-0.15, -0.1) is 0 Å². The van der Waals surface area contributed by atoms with Gasteiger partial charge in [0.1, 0.15) is 12.4 Å². The molecule has 2 heterocycles. The van der Waals surface area contributed by atoms with Crippen LogP contribution >= 0.6 is 0 Å². The highest BCUT2D eigenvalue weighted by Gasteiger charge is 2.23. The lowest BCUT2D eigenvalue weighted by Crippen LogP contribution is -2.38. The lowest BCUT2D eigenvalue weighted by molar-refractivity contribution is -0.654. The average molecular weight is 354 g/mol. The Bertz CT molecular complexity index is 977. The summed E-state index contributed by atoms with van der Waals surface area (Å²) in [6.45, 7) is 5.05. The third-order valence-electron chi connectivity index (χ3n) is 4.44. The molecule has 8 nitrogen and oxygen atoms in total. The normalized spacial score (nSPS) is 11.0. The van der Waals surface area contributed by atoms with Gasteiger partial charge in [0.05, 0.1) is 19.3 Å². The van der Waals surface area contributed by atoms with E-state index in [0.29, 0.717) is 12.2 Å². The predicted molar refractivity (Wildman–Crippen MR) is 100 cm³/mol. The maximum absolute atomic E-state index is 12.5. The molecule has 3 aromatic rings. The molecule has 136 valence electrons. The standard InChI is InChI=1S/C18H23N7O/c1-4-9-25-13-8-6-5-7-12(13)24(3)14(25)10-21-18(26)15-17(20)23-16(19)11(2)22-15/h5-8H,4,9-10H2,1-3H3,(H4-,19,20,21,23,26)/p+1. The van der Waals surface area contributed by atoms with E-state index in [1.54, 1.807) is 6.92 Å². The summed E-state index contributed by atoms with van der Waals surface area (Å²) >= 11 is 0. The first-order chi connectivity index (χ1) is 12.4. The van der Waals surface area contributed by atoms with Crippen molar-refractivity contribution in [3.8, 4) is 0 Å². The van der Waals surface area contributed by atoms with E-state index >= 15 is 0 Å². The number of carbonyl (C=O) groups excluding carboxylic acids is 1. The third-order valence-corrected chi connectivity index (χ3v) is 4.44. The van der Waals surface area contributed by atoms with Crippen LogP contribution in [0, 0.1) is 6.92 Å². The van der Waals surface area contributed by atoms with E-state index in [0.717, 1.165) is 29.8 Å². The van der Waals surface area contributed by atoms with E-state index < -0.39 is 0 Å². The van der Waals surface area contributed by atoms with E-state index in [4.69, 9.17) is 11.5 Å². The number of imidazole rings is 1. The minimum absolute atomic E-state index is 0.0316. The molecule has 0 saturated carbocycles. The molecule has 0 saturated heterocycles. The number of hydrogen-bond donors (Lipinski definition) is 3. The second-order valence-electron chi connectivity index (χ2n) is 6.23. The van der Waals surface area contributed by atoms with E-state index in [-0.39, 0.29) is 23.2 Å². The molecule has 8 heteroatoms. The minimum atomic E-state index is -0.369. The lowest BCUT2D eigenvalue weighted by atomic mass is 10.3. The Morgan fingerprint density at radius 2 is 1.96 bits per heavy atom.